The molecule has 2 aromatic rings. The summed E-state index contributed by atoms with van der Waals surface area (Å²) < 4.78 is 50.0. The highest BCUT2D eigenvalue weighted by Gasteiger charge is 2.53. The summed E-state index contributed by atoms with van der Waals surface area (Å²) in [4.78, 5) is 39.5. The van der Waals surface area contributed by atoms with Crippen LogP contribution in [-0.4, -0.2) is 192 Å². The predicted molar refractivity (Wildman–Crippen MR) is 212 cm³/mol. The third-order valence-electron chi connectivity index (χ3n) is 10.8. The Bertz CT molecular complexity index is 1830. The summed E-state index contributed by atoms with van der Waals surface area (Å²) in [7, 11) is 0. The monoisotopic (exact) mass is 930 g/mol. The zero-order chi connectivity index (χ0) is 47.7. The molecule has 16 atom stereocenters. The van der Waals surface area contributed by atoms with E-state index in [2.05, 4.69) is 0 Å². The quantitative estimate of drug-likeness (QED) is 0.0479. The molecule has 2 aromatic carbocycles. The molecule has 23 nitrogen and oxygen atoms in total. The summed E-state index contributed by atoms with van der Waals surface area (Å²) in [5.41, 5.74) is -1.51. The highest BCUT2D eigenvalue weighted by atomic mass is 16.7. The van der Waals surface area contributed by atoms with E-state index in [0.29, 0.717) is 11.1 Å². The Kier molecular flexibility index (Phi) is 18.4. The molecule has 3 fully saturated rings. The van der Waals surface area contributed by atoms with Gasteiger partial charge < -0.3 is 98.8 Å². The van der Waals surface area contributed by atoms with Crippen LogP contribution in [0.5, 0.6) is 11.5 Å². The van der Waals surface area contributed by atoms with Gasteiger partial charge >= 0.3 is 17.9 Å². The van der Waals surface area contributed by atoms with E-state index in [0.717, 1.165) is 6.92 Å². The molecule has 0 aliphatic carbocycles. The molecule has 364 valence electrons. The van der Waals surface area contributed by atoms with Crippen LogP contribution in [-0.2, 0) is 60.8 Å². The Hall–Kier alpha value is -4.15. The lowest BCUT2D eigenvalue weighted by molar-refractivity contribution is -0.327. The van der Waals surface area contributed by atoms with Gasteiger partial charge in [0.1, 0.15) is 105 Å². The van der Waals surface area contributed by atoms with Gasteiger partial charge in [-0.3, -0.25) is 9.59 Å². The van der Waals surface area contributed by atoms with Gasteiger partial charge in [0, 0.05) is 6.92 Å². The van der Waals surface area contributed by atoms with E-state index in [9.17, 15) is 70.6 Å². The van der Waals surface area contributed by atoms with Crippen molar-refractivity contribution in [2.75, 3.05) is 19.8 Å². The maximum atomic E-state index is 14.3. The Morgan fingerprint density at radius 1 is 0.569 bits per heavy atom. The molecule has 11 N–H and O–H groups in total. The minimum absolute atomic E-state index is 0.119. The van der Waals surface area contributed by atoms with Gasteiger partial charge in [-0.05, 0) is 47.7 Å². The molecule has 65 heavy (non-hydrogen) atoms. The molecule has 0 amide bonds. The SMILES string of the molecule is CC(=O)OC[C@H]1O[C@@H](O[C@@](CC(=O)OCc2ccc(O[C@@H]3O[C@H](CO)[C@@H](O)[C@H](O)[C@H]3O)cc2)(CC(C)C)C(=O)OCc2ccc(O[C@@H]3O[C@H](CO)[C@@H](O)[C@H](O)[C@H]3O)cc2)[C@H](O)[C@@H](O)[C@@H]1O. The van der Waals surface area contributed by atoms with Crippen LogP contribution >= 0.6 is 0 Å². The van der Waals surface area contributed by atoms with E-state index in [-0.39, 0.29) is 24.5 Å². The first-order chi connectivity index (χ1) is 30.8. The van der Waals surface area contributed by atoms with Crippen LogP contribution < -0.4 is 9.47 Å². The topological polar surface area (TPSA) is 357 Å². The molecule has 3 saturated heterocycles. The van der Waals surface area contributed by atoms with Crippen LogP contribution in [0.3, 0.4) is 0 Å². The van der Waals surface area contributed by atoms with Gasteiger partial charge in [-0.15, -0.1) is 0 Å². The number of carbonyl (C=O) groups is 3. The van der Waals surface area contributed by atoms with E-state index in [1.165, 1.54) is 48.5 Å². The number of ether oxygens (including phenoxy) is 9. The Balaban J connectivity index is 1.31. The largest absolute Gasteiger partial charge is 0.463 e. The normalized spacial score (nSPS) is 33.7. The van der Waals surface area contributed by atoms with E-state index in [4.69, 9.17) is 42.6 Å². The fraction of sp³-hybridized carbons (Fsp3) is 0.643. The Morgan fingerprint density at radius 3 is 1.42 bits per heavy atom. The average molecular weight is 931 g/mol. The first kappa shape index (κ1) is 51.8. The molecule has 3 heterocycles. The van der Waals surface area contributed by atoms with Crippen molar-refractivity contribution in [3.8, 4) is 11.5 Å². The number of hydrogen-bond donors (Lipinski definition) is 11. The van der Waals surface area contributed by atoms with Crippen LogP contribution in [0, 0.1) is 5.92 Å². The molecular formula is C42H58O23. The maximum absolute atomic E-state index is 14.3. The van der Waals surface area contributed by atoms with Crippen molar-refractivity contribution in [2.45, 2.75) is 145 Å². The van der Waals surface area contributed by atoms with Gasteiger partial charge in [0.15, 0.2) is 11.9 Å². The third-order valence-corrected chi connectivity index (χ3v) is 10.8. The van der Waals surface area contributed by atoms with Crippen molar-refractivity contribution in [2.24, 2.45) is 5.92 Å². The minimum atomic E-state index is -2.29. The summed E-state index contributed by atoms with van der Waals surface area (Å²) in [6.07, 6.45) is -25.3. The molecule has 0 radical (unpaired) electrons. The van der Waals surface area contributed by atoms with Gasteiger partial charge in [-0.25, -0.2) is 4.79 Å². The van der Waals surface area contributed by atoms with E-state index in [1.54, 1.807) is 13.8 Å². The van der Waals surface area contributed by atoms with Gasteiger partial charge in [-0.1, -0.05) is 38.1 Å². The van der Waals surface area contributed by atoms with Gasteiger partial charge in [0.2, 0.25) is 12.6 Å². The molecule has 0 saturated carbocycles. The lowest BCUT2D eigenvalue weighted by atomic mass is 9.88. The van der Waals surface area contributed by atoms with Crippen LogP contribution in [0.15, 0.2) is 48.5 Å². The minimum Gasteiger partial charge on any atom is -0.463 e. The molecule has 0 spiro atoms. The van der Waals surface area contributed by atoms with Gasteiger partial charge in [0.25, 0.3) is 0 Å². The van der Waals surface area contributed by atoms with Crippen molar-refractivity contribution in [3.63, 3.8) is 0 Å². The molecule has 3 aliphatic heterocycles. The van der Waals surface area contributed by atoms with E-state index >= 15 is 0 Å². The molecule has 5 rings (SSSR count). The molecular weight excluding hydrogens is 872 g/mol. The van der Waals surface area contributed by atoms with Crippen LogP contribution in [0.25, 0.3) is 0 Å². The first-order valence-corrected chi connectivity index (χ1v) is 20.7. The first-order valence-electron chi connectivity index (χ1n) is 20.7. The number of benzene rings is 2. The molecule has 3 aliphatic rings. The lowest BCUT2D eigenvalue weighted by Gasteiger charge is -2.43. The molecule has 0 unspecified atom stereocenters. The maximum Gasteiger partial charge on any atom is 0.339 e. The average Bonchev–Trinajstić information content (AvgIpc) is 3.28. The Labute approximate surface area is 372 Å². The van der Waals surface area contributed by atoms with Gasteiger partial charge in [0.05, 0.1) is 19.6 Å². The van der Waals surface area contributed by atoms with E-state index < -0.39 is 154 Å². The molecule has 0 aromatic heterocycles. The van der Waals surface area contributed by atoms with Gasteiger partial charge in [-0.2, -0.15) is 0 Å². The third kappa shape index (κ3) is 13.1. The number of hydrogen-bond acceptors (Lipinski definition) is 23. The number of aliphatic hydroxyl groups is 11. The zero-order valence-corrected chi connectivity index (χ0v) is 35.6. The summed E-state index contributed by atoms with van der Waals surface area (Å²) in [6, 6.07) is 11.6. The molecule has 23 heteroatoms. The zero-order valence-electron chi connectivity index (χ0n) is 35.6. The number of rotatable bonds is 19. The second-order valence-corrected chi connectivity index (χ2v) is 16.4. The smallest absolute Gasteiger partial charge is 0.339 e. The number of esters is 3. The van der Waals surface area contributed by atoms with Crippen molar-refractivity contribution in [3.05, 3.63) is 59.7 Å². The predicted octanol–water partition coefficient (Wildman–Crippen LogP) is -3.61. The summed E-state index contributed by atoms with van der Waals surface area (Å²) >= 11 is 0. The summed E-state index contributed by atoms with van der Waals surface area (Å²) in [5.74, 6) is -3.04. The van der Waals surface area contributed by atoms with Crippen molar-refractivity contribution in [1.82, 2.24) is 0 Å². The lowest BCUT2D eigenvalue weighted by Crippen LogP contribution is -2.62. The highest BCUT2D eigenvalue weighted by molar-refractivity contribution is 5.86. The second kappa shape index (κ2) is 23.0. The van der Waals surface area contributed by atoms with Crippen molar-refractivity contribution >= 4 is 17.9 Å². The van der Waals surface area contributed by atoms with Crippen LogP contribution in [0.2, 0.25) is 0 Å². The summed E-state index contributed by atoms with van der Waals surface area (Å²) in [5, 5.41) is 112. The number of carbonyl (C=O) groups excluding carboxylic acids is 3. The van der Waals surface area contributed by atoms with Crippen molar-refractivity contribution in [1.29, 1.82) is 0 Å². The van der Waals surface area contributed by atoms with Crippen LogP contribution in [0.4, 0.5) is 0 Å². The summed E-state index contributed by atoms with van der Waals surface area (Å²) in [6.45, 7) is 1.79. The Morgan fingerprint density at radius 2 is 0.985 bits per heavy atom. The standard InChI is InChI=1S/C42H58O23/c1-19(2)12-42(65-40-37(55)34(52)31(49)27(64-40)18-57-20(3)45,41(56)59-17-22-6-10-24(11-7-22)61-39-36(54)33(51)30(48)26(15-44)63-39)13-28(46)58-16-21-4-8-23(9-5-21)60-38-35(53)32(50)29(47)25(14-43)62-38/h4-11,19,25-27,29-40,43-44,47-55H,12-18H2,1-3H3/t25-,26-,27-,29-,30-,31-,32+,33+,34+,35-,36-,37-,38-,39-,40+,42-/m1/s1. The van der Waals surface area contributed by atoms with E-state index in [1.807, 2.05) is 0 Å². The fourth-order valence-electron chi connectivity index (χ4n) is 7.25. The van der Waals surface area contributed by atoms with Crippen LogP contribution in [0.1, 0.15) is 44.7 Å². The molecule has 0 bridgehead atoms. The fourth-order valence-corrected chi connectivity index (χ4v) is 7.25. The number of aliphatic hydroxyl groups excluding tert-OH is 11. The van der Waals surface area contributed by atoms with Crippen molar-refractivity contribution < 1.29 is 113 Å². The highest BCUT2D eigenvalue weighted by Crippen LogP contribution is 2.35. The second-order valence-electron chi connectivity index (χ2n) is 16.4.